The number of nitrogens with zero attached hydrogens (tertiary/aromatic N) is 1. The van der Waals surface area contributed by atoms with Crippen molar-refractivity contribution < 1.29 is 9.53 Å². The zero-order valence-electron chi connectivity index (χ0n) is 14.8. The van der Waals surface area contributed by atoms with Crippen molar-refractivity contribution in [2.75, 3.05) is 10.6 Å². The molecule has 132 valence electrons. The third-order valence-corrected chi connectivity index (χ3v) is 3.55. The van der Waals surface area contributed by atoms with Crippen molar-refractivity contribution in [2.24, 2.45) is 0 Å². The fourth-order valence-corrected chi connectivity index (χ4v) is 2.41. The fraction of sp³-hybridized carbons (Fsp3) is 0.143. The number of amides is 1. The van der Waals surface area contributed by atoms with Gasteiger partial charge in [-0.15, -0.1) is 0 Å². The molecular weight excluding hydrogens is 326 g/mol. The summed E-state index contributed by atoms with van der Waals surface area (Å²) in [5, 5.41) is 6.10. The number of rotatable bonds is 6. The maximum atomic E-state index is 12.4. The summed E-state index contributed by atoms with van der Waals surface area (Å²) in [7, 11) is 0. The highest BCUT2D eigenvalue weighted by Crippen LogP contribution is 2.23. The molecule has 1 aromatic heterocycles. The Labute approximate surface area is 153 Å². The van der Waals surface area contributed by atoms with Gasteiger partial charge in [0.2, 0.25) is 0 Å². The zero-order chi connectivity index (χ0) is 18.4. The molecular formula is C21H21N3O2. The number of carbonyl (C=O) groups is 1. The van der Waals surface area contributed by atoms with Crippen molar-refractivity contribution in [3.05, 3.63) is 78.6 Å². The number of hydrogen-bond donors (Lipinski definition) is 2. The summed E-state index contributed by atoms with van der Waals surface area (Å²) in [6, 6.07) is 18.9. The van der Waals surface area contributed by atoms with E-state index in [9.17, 15) is 4.79 Å². The fourth-order valence-electron chi connectivity index (χ4n) is 2.41. The van der Waals surface area contributed by atoms with E-state index in [1.54, 1.807) is 30.6 Å². The van der Waals surface area contributed by atoms with Crippen molar-refractivity contribution in [3.8, 4) is 11.5 Å². The van der Waals surface area contributed by atoms with Gasteiger partial charge in [-0.3, -0.25) is 9.78 Å². The van der Waals surface area contributed by atoms with Gasteiger partial charge in [-0.05, 0) is 56.3 Å². The van der Waals surface area contributed by atoms with E-state index in [0.29, 0.717) is 17.0 Å². The van der Waals surface area contributed by atoms with Gasteiger partial charge < -0.3 is 15.4 Å². The minimum absolute atomic E-state index is 0.207. The lowest BCUT2D eigenvalue weighted by molar-refractivity contribution is 0.102. The van der Waals surface area contributed by atoms with Crippen molar-refractivity contribution in [3.63, 3.8) is 0 Å². The molecule has 1 amide bonds. The van der Waals surface area contributed by atoms with E-state index < -0.39 is 0 Å². The minimum Gasteiger partial charge on any atom is -0.457 e. The van der Waals surface area contributed by atoms with Crippen LogP contribution in [0, 0.1) is 0 Å². The maximum absolute atomic E-state index is 12.4. The summed E-state index contributed by atoms with van der Waals surface area (Å²) in [6.07, 6.45) is 3.25. The van der Waals surface area contributed by atoms with Gasteiger partial charge >= 0.3 is 0 Å². The Hall–Kier alpha value is -3.34. The molecule has 5 heteroatoms. The van der Waals surface area contributed by atoms with Gasteiger partial charge in [0.25, 0.3) is 5.91 Å². The Morgan fingerprint density at radius 1 is 0.923 bits per heavy atom. The normalized spacial score (nSPS) is 10.4. The quantitative estimate of drug-likeness (QED) is 0.662. The maximum Gasteiger partial charge on any atom is 0.257 e. The van der Waals surface area contributed by atoms with E-state index in [1.165, 1.54) is 0 Å². The molecule has 0 radical (unpaired) electrons. The summed E-state index contributed by atoms with van der Waals surface area (Å²) in [4.78, 5) is 16.5. The predicted molar refractivity (Wildman–Crippen MR) is 104 cm³/mol. The molecule has 0 aliphatic rings. The second kappa shape index (κ2) is 8.16. The van der Waals surface area contributed by atoms with Crippen LogP contribution < -0.4 is 15.4 Å². The van der Waals surface area contributed by atoms with Crippen molar-refractivity contribution in [2.45, 2.75) is 19.9 Å². The van der Waals surface area contributed by atoms with Crippen LogP contribution in [0.25, 0.3) is 0 Å². The molecule has 0 bridgehead atoms. The van der Waals surface area contributed by atoms with E-state index in [4.69, 9.17) is 4.74 Å². The van der Waals surface area contributed by atoms with Gasteiger partial charge in [-0.25, -0.2) is 0 Å². The van der Waals surface area contributed by atoms with Crippen LogP contribution in [0.2, 0.25) is 0 Å². The van der Waals surface area contributed by atoms with Crippen LogP contribution in [-0.4, -0.2) is 16.9 Å². The van der Waals surface area contributed by atoms with Crippen molar-refractivity contribution in [1.29, 1.82) is 0 Å². The van der Waals surface area contributed by atoms with Crippen LogP contribution in [0.1, 0.15) is 24.2 Å². The van der Waals surface area contributed by atoms with Crippen molar-refractivity contribution >= 4 is 17.3 Å². The number of para-hydroxylation sites is 1. The minimum atomic E-state index is -0.207. The Balaban J connectivity index is 1.64. The Morgan fingerprint density at radius 2 is 1.62 bits per heavy atom. The Kier molecular flexibility index (Phi) is 5.49. The van der Waals surface area contributed by atoms with Crippen LogP contribution in [-0.2, 0) is 0 Å². The molecule has 0 atom stereocenters. The molecule has 3 rings (SSSR count). The number of pyridine rings is 1. The average Bonchev–Trinajstić information content (AvgIpc) is 2.64. The molecule has 0 unspecified atom stereocenters. The first-order chi connectivity index (χ1) is 12.6. The van der Waals surface area contributed by atoms with Crippen LogP contribution in [0.4, 0.5) is 11.4 Å². The summed E-state index contributed by atoms with van der Waals surface area (Å²) in [5.41, 5.74) is 2.01. The van der Waals surface area contributed by atoms with Crippen LogP contribution in [0.3, 0.4) is 0 Å². The van der Waals surface area contributed by atoms with Gasteiger partial charge in [-0.2, -0.15) is 0 Å². The van der Waals surface area contributed by atoms with Gasteiger partial charge in [0.15, 0.2) is 0 Å². The highest BCUT2D eigenvalue weighted by Gasteiger charge is 2.08. The second-order valence-corrected chi connectivity index (χ2v) is 6.15. The van der Waals surface area contributed by atoms with Crippen LogP contribution >= 0.6 is 0 Å². The lowest BCUT2D eigenvalue weighted by Gasteiger charge is -2.11. The number of ether oxygens (including phenoxy) is 1. The van der Waals surface area contributed by atoms with E-state index >= 15 is 0 Å². The number of hydrogen-bond acceptors (Lipinski definition) is 4. The SMILES string of the molecule is CC(C)Nc1cncc(C(=O)Nc2ccc(Oc3ccccc3)cc2)c1. The number of carbonyl (C=O) groups excluding carboxylic acids is 1. The summed E-state index contributed by atoms with van der Waals surface area (Å²) < 4.78 is 5.74. The second-order valence-electron chi connectivity index (χ2n) is 6.15. The molecule has 0 aliphatic carbocycles. The molecule has 3 aromatic rings. The molecule has 0 spiro atoms. The third kappa shape index (κ3) is 4.83. The number of benzene rings is 2. The Bertz CT molecular complexity index is 862. The lowest BCUT2D eigenvalue weighted by atomic mass is 10.2. The molecule has 2 N–H and O–H groups in total. The number of nitrogens with one attached hydrogen (secondary N) is 2. The zero-order valence-corrected chi connectivity index (χ0v) is 14.8. The molecule has 26 heavy (non-hydrogen) atoms. The smallest absolute Gasteiger partial charge is 0.257 e. The van der Waals surface area contributed by atoms with Gasteiger partial charge in [0.1, 0.15) is 11.5 Å². The first-order valence-electron chi connectivity index (χ1n) is 8.46. The van der Waals surface area contributed by atoms with Crippen LogP contribution in [0.15, 0.2) is 73.1 Å². The molecule has 0 fully saturated rings. The largest absolute Gasteiger partial charge is 0.457 e. The highest BCUT2D eigenvalue weighted by atomic mass is 16.5. The standard InChI is InChI=1S/C21H21N3O2/c1-15(2)23-18-12-16(13-22-14-18)21(25)24-17-8-10-20(11-9-17)26-19-6-4-3-5-7-19/h3-15,23H,1-2H3,(H,24,25). The molecule has 0 saturated heterocycles. The van der Waals surface area contributed by atoms with E-state index in [0.717, 1.165) is 11.4 Å². The van der Waals surface area contributed by atoms with E-state index in [-0.39, 0.29) is 11.9 Å². The molecule has 0 aliphatic heterocycles. The molecule has 0 saturated carbocycles. The lowest BCUT2D eigenvalue weighted by Crippen LogP contribution is -2.14. The van der Waals surface area contributed by atoms with Crippen molar-refractivity contribution in [1.82, 2.24) is 4.98 Å². The van der Waals surface area contributed by atoms with E-state index in [1.807, 2.05) is 56.3 Å². The number of anilines is 2. The number of aromatic nitrogens is 1. The Morgan fingerprint density at radius 3 is 2.31 bits per heavy atom. The third-order valence-electron chi connectivity index (χ3n) is 3.55. The summed E-state index contributed by atoms with van der Waals surface area (Å²) in [6.45, 7) is 4.07. The molecule has 1 heterocycles. The first kappa shape index (κ1) is 17.5. The molecule has 5 nitrogen and oxygen atoms in total. The topological polar surface area (TPSA) is 63.2 Å². The predicted octanol–water partition coefficient (Wildman–Crippen LogP) is 4.95. The van der Waals surface area contributed by atoms with E-state index in [2.05, 4.69) is 15.6 Å². The van der Waals surface area contributed by atoms with Gasteiger partial charge in [-0.1, -0.05) is 18.2 Å². The first-order valence-corrected chi connectivity index (χ1v) is 8.46. The summed E-state index contributed by atoms with van der Waals surface area (Å²) in [5.74, 6) is 1.27. The van der Waals surface area contributed by atoms with Gasteiger partial charge in [0.05, 0.1) is 11.3 Å². The highest BCUT2D eigenvalue weighted by molar-refractivity contribution is 6.04. The monoisotopic (exact) mass is 347 g/mol. The van der Waals surface area contributed by atoms with Gasteiger partial charge in [0, 0.05) is 24.1 Å². The summed E-state index contributed by atoms with van der Waals surface area (Å²) >= 11 is 0. The molecule has 2 aromatic carbocycles. The average molecular weight is 347 g/mol. The van der Waals surface area contributed by atoms with Crippen LogP contribution in [0.5, 0.6) is 11.5 Å².